The van der Waals surface area contributed by atoms with Crippen molar-refractivity contribution in [3.63, 3.8) is 0 Å². The van der Waals surface area contributed by atoms with Crippen molar-refractivity contribution in [3.8, 4) is 0 Å². The van der Waals surface area contributed by atoms with Gasteiger partial charge in [-0.15, -0.1) is 0 Å². The number of likely N-dealkylation sites (tertiary alicyclic amines) is 1. The van der Waals surface area contributed by atoms with Crippen LogP contribution in [0.15, 0.2) is 42.9 Å². The number of amides is 6. The number of hydrogen-bond donors (Lipinski definition) is 3. The Kier molecular flexibility index (Phi) is 13.1. The van der Waals surface area contributed by atoms with E-state index in [1.54, 1.807) is 29.1 Å². The average molecular weight is 913 g/mol. The Hall–Kier alpha value is -6.35. The average Bonchev–Trinajstić information content (AvgIpc) is 4.02. The van der Waals surface area contributed by atoms with E-state index in [2.05, 4.69) is 40.9 Å². The second-order valence-corrected chi connectivity index (χ2v) is 17.8. The number of nitrogens with zero attached hydrogens (tertiary/aromatic N) is 9. The molecule has 4 aromatic rings. The Labute approximate surface area is 379 Å². The van der Waals surface area contributed by atoms with Crippen LogP contribution in [0, 0.1) is 5.92 Å². The van der Waals surface area contributed by atoms with Gasteiger partial charge in [-0.3, -0.25) is 43.7 Å². The minimum Gasteiger partial charge on any atom is -0.384 e. The maximum absolute atomic E-state index is 14.3. The van der Waals surface area contributed by atoms with Crippen molar-refractivity contribution in [3.05, 3.63) is 65.2 Å². The third-order valence-corrected chi connectivity index (χ3v) is 13.7. The Morgan fingerprint density at radius 3 is 2.47 bits per heavy atom. The zero-order valence-electron chi connectivity index (χ0n) is 36.8. The first-order valence-corrected chi connectivity index (χ1v) is 22.9. The molecule has 21 heteroatoms. The molecule has 3 aromatic heterocycles. The van der Waals surface area contributed by atoms with E-state index in [1.165, 1.54) is 16.9 Å². The number of anilines is 3. The molecule has 7 heterocycles. The fourth-order valence-corrected chi connectivity index (χ4v) is 9.98. The molecule has 350 valence electrons. The number of imide groups is 2. The van der Waals surface area contributed by atoms with Crippen LogP contribution in [0.5, 0.6) is 0 Å². The summed E-state index contributed by atoms with van der Waals surface area (Å²) in [5.74, 6) is -1.69. The molecule has 1 aliphatic carbocycles. The number of benzene rings is 1. The molecule has 0 radical (unpaired) electrons. The zero-order chi connectivity index (χ0) is 46.1. The second kappa shape index (κ2) is 19.2. The van der Waals surface area contributed by atoms with E-state index in [0.717, 1.165) is 63.1 Å². The summed E-state index contributed by atoms with van der Waals surface area (Å²) in [4.78, 5) is 89.4. The summed E-state index contributed by atoms with van der Waals surface area (Å²) in [6.45, 7) is 5.52. The highest BCUT2D eigenvalue weighted by molar-refractivity contribution is 6.25. The maximum atomic E-state index is 14.3. The molecule has 4 aliphatic heterocycles. The lowest BCUT2D eigenvalue weighted by molar-refractivity contribution is -0.136. The van der Waals surface area contributed by atoms with Gasteiger partial charge in [-0.05, 0) is 75.5 Å². The maximum Gasteiger partial charge on any atom is 0.284 e. The molecule has 4 fully saturated rings. The van der Waals surface area contributed by atoms with E-state index in [-0.39, 0.29) is 53.2 Å². The molecule has 66 heavy (non-hydrogen) atoms. The number of piperidine rings is 2. The highest BCUT2D eigenvalue weighted by Gasteiger charge is 2.45. The summed E-state index contributed by atoms with van der Waals surface area (Å²) in [6, 6.07) is 5.72. The third-order valence-electron chi connectivity index (χ3n) is 13.7. The lowest BCUT2D eigenvalue weighted by Crippen LogP contribution is -2.54. The van der Waals surface area contributed by atoms with Crippen LogP contribution in [-0.4, -0.2) is 146 Å². The van der Waals surface area contributed by atoms with E-state index in [0.29, 0.717) is 68.8 Å². The number of carbonyl (C=O) groups is 6. The summed E-state index contributed by atoms with van der Waals surface area (Å²) >= 11 is 0. The zero-order valence-corrected chi connectivity index (χ0v) is 36.8. The van der Waals surface area contributed by atoms with Crippen LogP contribution in [0.2, 0.25) is 0 Å². The van der Waals surface area contributed by atoms with Gasteiger partial charge in [0.25, 0.3) is 24.1 Å². The van der Waals surface area contributed by atoms with E-state index >= 15 is 0 Å². The molecular formula is C45H54F2N12O7. The van der Waals surface area contributed by atoms with E-state index in [1.807, 2.05) is 18.0 Å². The molecule has 6 amide bonds. The van der Waals surface area contributed by atoms with Crippen molar-refractivity contribution < 1.29 is 42.3 Å². The molecule has 9 rings (SSSR count). The molecule has 0 spiro atoms. The number of aromatic nitrogens is 5. The fraction of sp³-hybridized carbons (Fsp3) is 0.533. The van der Waals surface area contributed by atoms with Crippen LogP contribution >= 0.6 is 0 Å². The number of hydrogen-bond acceptors (Lipinski definition) is 13. The highest BCUT2D eigenvalue weighted by Crippen LogP contribution is 2.36. The van der Waals surface area contributed by atoms with Gasteiger partial charge in [-0.1, -0.05) is 6.07 Å². The quantitative estimate of drug-likeness (QED) is 0.121. The first-order valence-electron chi connectivity index (χ1n) is 22.9. The topological polar surface area (TPSA) is 209 Å². The van der Waals surface area contributed by atoms with Gasteiger partial charge in [0.15, 0.2) is 11.3 Å². The van der Waals surface area contributed by atoms with Crippen molar-refractivity contribution in [1.82, 2.24) is 44.4 Å². The Bertz CT molecular complexity index is 2510. The normalized spacial score (nSPS) is 22.0. The molecule has 0 bridgehead atoms. The predicted octanol–water partition coefficient (Wildman–Crippen LogP) is 3.90. The largest absolute Gasteiger partial charge is 0.384 e. The van der Waals surface area contributed by atoms with Crippen LogP contribution in [0.1, 0.15) is 113 Å². The minimum absolute atomic E-state index is 0.0307. The van der Waals surface area contributed by atoms with E-state index in [4.69, 9.17) is 4.74 Å². The van der Waals surface area contributed by atoms with Crippen molar-refractivity contribution in [1.29, 1.82) is 0 Å². The number of alkyl halides is 2. The van der Waals surface area contributed by atoms with Crippen molar-refractivity contribution >= 4 is 58.3 Å². The van der Waals surface area contributed by atoms with Crippen LogP contribution < -0.4 is 20.9 Å². The highest BCUT2D eigenvalue weighted by atomic mass is 19.3. The monoisotopic (exact) mass is 912 g/mol. The summed E-state index contributed by atoms with van der Waals surface area (Å²) in [6.07, 6.45) is 7.74. The second-order valence-electron chi connectivity index (χ2n) is 17.8. The van der Waals surface area contributed by atoms with Gasteiger partial charge in [0.1, 0.15) is 17.4 Å². The van der Waals surface area contributed by atoms with Crippen LogP contribution in [0.4, 0.5) is 26.0 Å². The van der Waals surface area contributed by atoms with Crippen LogP contribution in [-0.2, 0) is 19.1 Å². The number of carbonyl (C=O) groups excluding carboxylic acids is 6. The number of nitrogens with one attached hydrogen (secondary N) is 3. The van der Waals surface area contributed by atoms with Gasteiger partial charge in [0.05, 0.1) is 42.3 Å². The lowest BCUT2D eigenvalue weighted by Gasteiger charge is -2.39. The van der Waals surface area contributed by atoms with Gasteiger partial charge in [-0.2, -0.15) is 10.2 Å². The Balaban J connectivity index is 0.709. The Morgan fingerprint density at radius 2 is 1.73 bits per heavy atom. The molecule has 1 atom stereocenters. The SMILES string of the molecule is CN(C(=O)CCCNc1cccc2c1C(=O)N(C1CCC(=O)NC1=O)C2=O)C1CCN(C[C@H]2CC[C@H](n3cc(NC(=O)c4cnn5ccc(N6CCOCC6)nc45)c(C(F)F)n3)CC2)CC1. The minimum atomic E-state index is -2.88. The summed E-state index contributed by atoms with van der Waals surface area (Å²) < 4.78 is 37.1. The van der Waals surface area contributed by atoms with Crippen molar-refractivity contribution in [2.24, 2.45) is 5.92 Å². The van der Waals surface area contributed by atoms with E-state index < -0.39 is 47.7 Å². The molecule has 3 N–H and O–H groups in total. The van der Waals surface area contributed by atoms with Crippen LogP contribution in [0.3, 0.4) is 0 Å². The first-order chi connectivity index (χ1) is 31.9. The van der Waals surface area contributed by atoms with Gasteiger partial charge < -0.3 is 30.1 Å². The summed E-state index contributed by atoms with van der Waals surface area (Å²) in [5.41, 5.74) is 0.826. The van der Waals surface area contributed by atoms with Crippen molar-refractivity contribution in [2.75, 3.05) is 75.1 Å². The van der Waals surface area contributed by atoms with Gasteiger partial charge in [0.2, 0.25) is 17.7 Å². The molecule has 3 saturated heterocycles. The van der Waals surface area contributed by atoms with Crippen molar-refractivity contribution in [2.45, 2.75) is 88.8 Å². The first kappa shape index (κ1) is 44.8. The molecule has 5 aliphatic rings. The third kappa shape index (κ3) is 9.22. The van der Waals surface area contributed by atoms with Gasteiger partial charge in [-0.25, -0.2) is 18.3 Å². The smallest absolute Gasteiger partial charge is 0.284 e. The predicted molar refractivity (Wildman–Crippen MR) is 235 cm³/mol. The number of morpholine rings is 1. The molecule has 19 nitrogen and oxygen atoms in total. The number of fused-ring (bicyclic) bond motifs is 2. The molecule has 1 unspecified atom stereocenters. The van der Waals surface area contributed by atoms with E-state index in [9.17, 15) is 37.5 Å². The molecular weight excluding hydrogens is 859 g/mol. The summed E-state index contributed by atoms with van der Waals surface area (Å²) in [7, 11) is 1.85. The van der Waals surface area contributed by atoms with Gasteiger partial charge in [0, 0.05) is 83.3 Å². The van der Waals surface area contributed by atoms with Crippen LogP contribution in [0.25, 0.3) is 5.65 Å². The number of halogens is 2. The number of rotatable bonds is 14. The Morgan fingerprint density at radius 1 is 0.955 bits per heavy atom. The lowest BCUT2D eigenvalue weighted by atomic mass is 9.85. The van der Waals surface area contributed by atoms with Gasteiger partial charge >= 0.3 is 0 Å². The standard InChI is InChI=1S/C45H54F2N12O7/c1-54(37(61)6-3-16-48-32-5-2-4-30-38(32)45(65)59(44(30)64)34-11-12-36(60)52-43(34)63)28-13-17-55(18-14-28)25-27-7-9-29(10-8-27)58-26-33(39(53-58)40(46)47)50-42(62)31-24-49-57-19-15-35(51-41(31)57)56-20-22-66-23-21-56/h2,4-5,15,19,24,26-29,34,40,48H,3,6-14,16-18,20-23,25H2,1H3,(H,50,62)(H,52,60,63)/t27-,29-,34?. The molecule has 1 saturated carbocycles. The molecule has 1 aromatic carbocycles. The summed E-state index contributed by atoms with van der Waals surface area (Å²) in [5, 5.41) is 16.6. The fourth-order valence-electron chi connectivity index (χ4n) is 9.98. The number of ether oxygens (including phenoxy) is 1.